The average Bonchev–Trinajstić information content (AvgIpc) is 2.42. The molecule has 0 aliphatic rings. The van der Waals surface area contributed by atoms with Crippen molar-refractivity contribution in [1.29, 1.82) is 0 Å². The molecule has 2 N–H and O–H groups in total. The molecule has 0 fully saturated rings. The van der Waals surface area contributed by atoms with E-state index in [9.17, 15) is 9.59 Å². The quantitative estimate of drug-likeness (QED) is 0.761. The van der Waals surface area contributed by atoms with Gasteiger partial charge in [-0.25, -0.2) is 0 Å². The number of amides is 2. The standard InChI is InChI=1S/C13H18N2O3/c1-3-7-14-12(16)13(17)15-9-10-5-4-6-11(8-10)18-2/h4-6,8H,3,7,9H2,1-2H3,(H,14,16)(H,15,17). The van der Waals surface area contributed by atoms with E-state index in [0.717, 1.165) is 17.7 Å². The molecule has 0 atom stereocenters. The van der Waals surface area contributed by atoms with Crippen molar-refractivity contribution in [1.82, 2.24) is 10.6 Å². The Kier molecular flexibility index (Phi) is 5.70. The third-order valence-electron chi connectivity index (χ3n) is 2.33. The zero-order chi connectivity index (χ0) is 13.4. The highest BCUT2D eigenvalue weighted by atomic mass is 16.5. The van der Waals surface area contributed by atoms with E-state index in [1.54, 1.807) is 7.11 Å². The zero-order valence-corrected chi connectivity index (χ0v) is 10.7. The maximum Gasteiger partial charge on any atom is 0.309 e. The summed E-state index contributed by atoms with van der Waals surface area (Å²) in [4.78, 5) is 22.7. The predicted molar refractivity (Wildman–Crippen MR) is 68.1 cm³/mol. The van der Waals surface area contributed by atoms with Crippen LogP contribution in [-0.4, -0.2) is 25.5 Å². The van der Waals surface area contributed by atoms with E-state index < -0.39 is 11.8 Å². The summed E-state index contributed by atoms with van der Waals surface area (Å²) in [7, 11) is 1.58. The molecule has 0 aromatic heterocycles. The molecule has 0 aliphatic heterocycles. The number of hydrogen-bond acceptors (Lipinski definition) is 3. The predicted octanol–water partition coefficient (Wildman–Crippen LogP) is 0.838. The summed E-state index contributed by atoms with van der Waals surface area (Å²) in [5.41, 5.74) is 0.881. The number of ether oxygens (including phenoxy) is 1. The number of carbonyl (C=O) groups excluding carboxylic acids is 2. The van der Waals surface area contributed by atoms with Crippen molar-refractivity contribution < 1.29 is 14.3 Å². The van der Waals surface area contributed by atoms with Gasteiger partial charge in [0.25, 0.3) is 0 Å². The molecule has 1 aromatic carbocycles. The smallest absolute Gasteiger partial charge is 0.309 e. The number of rotatable bonds is 5. The van der Waals surface area contributed by atoms with Crippen molar-refractivity contribution in [3.8, 4) is 5.75 Å². The van der Waals surface area contributed by atoms with Crippen LogP contribution in [0.5, 0.6) is 5.75 Å². The lowest BCUT2D eigenvalue weighted by Gasteiger charge is -2.07. The number of nitrogens with one attached hydrogen (secondary N) is 2. The Bertz CT molecular complexity index is 418. The Morgan fingerprint density at radius 2 is 1.94 bits per heavy atom. The normalized spacial score (nSPS) is 9.67. The molecule has 0 saturated carbocycles. The van der Waals surface area contributed by atoms with Crippen molar-refractivity contribution in [3.63, 3.8) is 0 Å². The molecule has 0 bridgehead atoms. The van der Waals surface area contributed by atoms with Gasteiger partial charge in [-0.3, -0.25) is 9.59 Å². The summed E-state index contributed by atoms with van der Waals surface area (Å²) in [5, 5.41) is 5.07. The van der Waals surface area contributed by atoms with E-state index in [1.165, 1.54) is 0 Å². The molecule has 5 nitrogen and oxygen atoms in total. The lowest BCUT2D eigenvalue weighted by Crippen LogP contribution is -2.39. The number of carbonyl (C=O) groups is 2. The first kappa shape index (κ1) is 14.0. The second kappa shape index (κ2) is 7.32. The molecule has 0 radical (unpaired) electrons. The van der Waals surface area contributed by atoms with Gasteiger partial charge in [0, 0.05) is 13.1 Å². The van der Waals surface area contributed by atoms with Crippen molar-refractivity contribution in [2.75, 3.05) is 13.7 Å². The fourth-order valence-electron chi connectivity index (χ4n) is 1.36. The van der Waals surface area contributed by atoms with Crippen molar-refractivity contribution in [3.05, 3.63) is 29.8 Å². The van der Waals surface area contributed by atoms with Crippen LogP contribution in [0.1, 0.15) is 18.9 Å². The van der Waals surface area contributed by atoms with Crippen LogP contribution in [0.15, 0.2) is 24.3 Å². The summed E-state index contributed by atoms with van der Waals surface area (Å²) < 4.78 is 5.07. The summed E-state index contributed by atoms with van der Waals surface area (Å²) in [6, 6.07) is 7.31. The lowest BCUT2D eigenvalue weighted by molar-refractivity contribution is -0.139. The molecule has 0 saturated heterocycles. The summed E-state index contributed by atoms with van der Waals surface area (Å²) in [6.45, 7) is 2.73. The van der Waals surface area contributed by atoms with E-state index >= 15 is 0 Å². The largest absolute Gasteiger partial charge is 0.497 e. The Balaban J connectivity index is 2.44. The van der Waals surface area contributed by atoms with Crippen LogP contribution < -0.4 is 15.4 Å². The van der Waals surface area contributed by atoms with Crippen LogP contribution in [0, 0.1) is 0 Å². The molecule has 0 unspecified atom stereocenters. The van der Waals surface area contributed by atoms with Gasteiger partial charge in [-0.15, -0.1) is 0 Å². The first-order valence-corrected chi connectivity index (χ1v) is 5.86. The molecule has 0 aliphatic carbocycles. The van der Waals surface area contributed by atoms with Gasteiger partial charge in [-0.05, 0) is 24.1 Å². The summed E-state index contributed by atoms with van der Waals surface area (Å²) >= 11 is 0. The second-order valence-electron chi connectivity index (χ2n) is 3.79. The average molecular weight is 250 g/mol. The van der Waals surface area contributed by atoms with E-state index in [4.69, 9.17) is 4.74 Å². The maximum absolute atomic E-state index is 11.4. The first-order valence-electron chi connectivity index (χ1n) is 5.86. The number of benzene rings is 1. The Hall–Kier alpha value is -2.04. The van der Waals surface area contributed by atoms with Crippen LogP contribution >= 0.6 is 0 Å². The highest BCUT2D eigenvalue weighted by Gasteiger charge is 2.11. The minimum absolute atomic E-state index is 0.301. The monoisotopic (exact) mass is 250 g/mol. The van der Waals surface area contributed by atoms with E-state index in [2.05, 4.69) is 10.6 Å². The molecule has 5 heteroatoms. The molecule has 2 amide bonds. The Morgan fingerprint density at radius 1 is 1.22 bits per heavy atom. The molecular formula is C13H18N2O3. The van der Waals surface area contributed by atoms with Gasteiger partial charge >= 0.3 is 11.8 Å². The molecule has 1 rings (SSSR count). The fraction of sp³-hybridized carbons (Fsp3) is 0.385. The van der Waals surface area contributed by atoms with Gasteiger partial charge in [0.2, 0.25) is 0 Å². The topological polar surface area (TPSA) is 67.4 Å². The molecule has 18 heavy (non-hydrogen) atoms. The third-order valence-corrected chi connectivity index (χ3v) is 2.33. The van der Waals surface area contributed by atoms with Gasteiger partial charge in [0.05, 0.1) is 7.11 Å². The van der Waals surface area contributed by atoms with Crippen LogP contribution in [-0.2, 0) is 16.1 Å². The van der Waals surface area contributed by atoms with Crippen molar-refractivity contribution in [2.24, 2.45) is 0 Å². The molecule has 0 spiro atoms. The Morgan fingerprint density at radius 3 is 2.61 bits per heavy atom. The number of methoxy groups -OCH3 is 1. The van der Waals surface area contributed by atoms with E-state index in [-0.39, 0.29) is 0 Å². The maximum atomic E-state index is 11.4. The SMILES string of the molecule is CCCNC(=O)C(=O)NCc1cccc(OC)c1. The van der Waals surface area contributed by atoms with Crippen LogP contribution in [0.3, 0.4) is 0 Å². The highest BCUT2D eigenvalue weighted by Crippen LogP contribution is 2.11. The first-order chi connectivity index (χ1) is 8.67. The summed E-state index contributed by atoms with van der Waals surface area (Å²) in [5.74, 6) is -0.497. The van der Waals surface area contributed by atoms with Crippen LogP contribution in [0.25, 0.3) is 0 Å². The zero-order valence-electron chi connectivity index (χ0n) is 10.7. The van der Waals surface area contributed by atoms with Crippen LogP contribution in [0.4, 0.5) is 0 Å². The van der Waals surface area contributed by atoms with E-state index in [0.29, 0.717) is 13.1 Å². The highest BCUT2D eigenvalue weighted by molar-refractivity contribution is 6.35. The fourth-order valence-corrected chi connectivity index (χ4v) is 1.36. The van der Waals surface area contributed by atoms with E-state index in [1.807, 2.05) is 31.2 Å². The second-order valence-corrected chi connectivity index (χ2v) is 3.79. The minimum Gasteiger partial charge on any atom is -0.497 e. The lowest BCUT2D eigenvalue weighted by atomic mass is 10.2. The minimum atomic E-state index is -0.619. The van der Waals surface area contributed by atoms with Gasteiger partial charge in [0.1, 0.15) is 5.75 Å². The number of hydrogen-bond donors (Lipinski definition) is 2. The van der Waals surface area contributed by atoms with Gasteiger partial charge in [-0.1, -0.05) is 19.1 Å². The van der Waals surface area contributed by atoms with Gasteiger partial charge < -0.3 is 15.4 Å². The molecule has 0 heterocycles. The van der Waals surface area contributed by atoms with Crippen molar-refractivity contribution in [2.45, 2.75) is 19.9 Å². The summed E-state index contributed by atoms with van der Waals surface area (Å²) in [6.07, 6.45) is 0.801. The van der Waals surface area contributed by atoms with Crippen molar-refractivity contribution >= 4 is 11.8 Å². The Labute approximate surface area is 107 Å². The molecule has 1 aromatic rings. The van der Waals surface area contributed by atoms with Crippen LogP contribution in [0.2, 0.25) is 0 Å². The van der Waals surface area contributed by atoms with Gasteiger partial charge in [0.15, 0.2) is 0 Å². The van der Waals surface area contributed by atoms with Gasteiger partial charge in [-0.2, -0.15) is 0 Å². The molecular weight excluding hydrogens is 232 g/mol. The third kappa shape index (κ3) is 4.45. The molecule has 98 valence electrons.